The van der Waals surface area contributed by atoms with E-state index in [9.17, 15) is 0 Å². The third-order valence-electron chi connectivity index (χ3n) is 2.12. The molecule has 0 amide bonds. The maximum atomic E-state index is 2.35. The summed E-state index contributed by atoms with van der Waals surface area (Å²) in [6, 6.07) is 0. The van der Waals surface area contributed by atoms with E-state index in [1.165, 1.54) is 19.3 Å². The fourth-order valence-electron chi connectivity index (χ4n) is 1.30. The molecule has 74 valence electrons. The Kier molecular flexibility index (Phi) is 11.9. The van der Waals surface area contributed by atoms with Gasteiger partial charge < -0.3 is 0 Å². The molecule has 1 aliphatic carbocycles. The SMILES string of the molecule is CC.CC1C=CCC(C)CC1.I. The lowest BCUT2D eigenvalue weighted by atomic mass is 10.0. The van der Waals surface area contributed by atoms with Crippen molar-refractivity contribution in [2.75, 3.05) is 0 Å². The second-order valence-electron chi connectivity index (χ2n) is 3.32. The molecule has 1 aliphatic rings. The van der Waals surface area contributed by atoms with E-state index >= 15 is 0 Å². The summed E-state index contributed by atoms with van der Waals surface area (Å²) < 4.78 is 0. The van der Waals surface area contributed by atoms with Crippen LogP contribution in [0.2, 0.25) is 0 Å². The molecule has 1 rings (SSSR count). The molecule has 0 N–H and O–H groups in total. The summed E-state index contributed by atoms with van der Waals surface area (Å²) in [5.41, 5.74) is 0. The van der Waals surface area contributed by atoms with Crippen LogP contribution in [0, 0.1) is 11.8 Å². The summed E-state index contributed by atoms with van der Waals surface area (Å²) in [5, 5.41) is 0. The third-order valence-corrected chi connectivity index (χ3v) is 2.12. The molecule has 1 heteroatoms. The van der Waals surface area contributed by atoms with Crippen molar-refractivity contribution >= 4 is 24.0 Å². The molecule has 0 spiro atoms. The summed E-state index contributed by atoms with van der Waals surface area (Å²) in [7, 11) is 0. The van der Waals surface area contributed by atoms with Crippen molar-refractivity contribution in [2.45, 2.75) is 47.0 Å². The van der Waals surface area contributed by atoms with E-state index in [1.54, 1.807) is 0 Å². The van der Waals surface area contributed by atoms with E-state index in [1.807, 2.05) is 13.8 Å². The largest absolute Gasteiger partial charge is 0.107 e. The van der Waals surface area contributed by atoms with Gasteiger partial charge in [-0.05, 0) is 31.1 Å². The first-order valence-electron chi connectivity index (χ1n) is 4.95. The molecule has 0 aromatic rings. The van der Waals surface area contributed by atoms with Gasteiger partial charge in [-0.25, -0.2) is 0 Å². The average molecular weight is 282 g/mol. The minimum Gasteiger partial charge on any atom is -0.107 e. The van der Waals surface area contributed by atoms with Crippen LogP contribution >= 0.6 is 24.0 Å². The van der Waals surface area contributed by atoms with Crippen molar-refractivity contribution in [1.29, 1.82) is 0 Å². The normalized spacial score (nSPS) is 27.7. The first kappa shape index (κ1) is 15.0. The van der Waals surface area contributed by atoms with Crippen molar-refractivity contribution < 1.29 is 0 Å². The van der Waals surface area contributed by atoms with Gasteiger partial charge in [0.2, 0.25) is 0 Å². The van der Waals surface area contributed by atoms with Crippen molar-refractivity contribution in [2.24, 2.45) is 11.8 Å². The molecule has 2 unspecified atom stereocenters. The van der Waals surface area contributed by atoms with Gasteiger partial charge in [0, 0.05) is 0 Å². The Labute approximate surface area is 94.8 Å². The Morgan fingerprint density at radius 1 is 1.08 bits per heavy atom. The second kappa shape index (κ2) is 9.56. The summed E-state index contributed by atoms with van der Waals surface area (Å²) in [5.74, 6) is 1.75. The van der Waals surface area contributed by atoms with Crippen molar-refractivity contribution in [1.82, 2.24) is 0 Å². The number of hydrogen-bond donors (Lipinski definition) is 0. The maximum Gasteiger partial charge on any atom is -0.0262 e. The van der Waals surface area contributed by atoms with E-state index in [-0.39, 0.29) is 24.0 Å². The molecular weight excluding hydrogens is 259 g/mol. The quantitative estimate of drug-likeness (QED) is 0.448. The zero-order chi connectivity index (χ0) is 8.69. The van der Waals surface area contributed by atoms with Gasteiger partial charge in [-0.3, -0.25) is 0 Å². The van der Waals surface area contributed by atoms with Crippen LogP contribution in [0.5, 0.6) is 0 Å². The lowest BCUT2D eigenvalue weighted by Crippen LogP contribution is -1.92. The molecule has 2 atom stereocenters. The molecule has 0 aliphatic heterocycles. The highest BCUT2D eigenvalue weighted by Gasteiger charge is 2.06. The maximum absolute atomic E-state index is 2.35. The van der Waals surface area contributed by atoms with Crippen LogP contribution in [0.4, 0.5) is 0 Å². The van der Waals surface area contributed by atoms with E-state index in [0.29, 0.717) is 0 Å². The number of rotatable bonds is 0. The fourth-order valence-corrected chi connectivity index (χ4v) is 1.30. The number of hydrogen-bond acceptors (Lipinski definition) is 0. The predicted molar refractivity (Wildman–Crippen MR) is 68.1 cm³/mol. The van der Waals surface area contributed by atoms with Gasteiger partial charge >= 0.3 is 0 Å². The lowest BCUT2D eigenvalue weighted by Gasteiger charge is -2.05. The summed E-state index contributed by atoms with van der Waals surface area (Å²) in [6.07, 6.45) is 8.78. The molecule has 0 bridgehead atoms. The zero-order valence-electron chi connectivity index (χ0n) is 8.84. The zero-order valence-corrected chi connectivity index (χ0v) is 11.2. The predicted octanol–water partition coefficient (Wildman–Crippen LogP) is 4.64. The molecule has 0 aromatic carbocycles. The molecule has 0 saturated heterocycles. The van der Waals surface area contributed by atoms with Gasteiger partial charge in [0.05, 0.1) is 0 Å². The minimum absolute atomic E-state index is 0. The van der Waals surface area contributed by atoms with Gasteiger partial charge in [-0.15, -0.1) is 24.0 Å². The second-order valence-corrected chi connectivity index (χ2v) is 3.32. The lowest BCUT2D eigenvalue weighted by molar-refractivity contribution is 0.493. The van der Waals surface area contributed by atoms with Crippen molar-refractivity contribution in [3.05, 3.63) is 12.2 Å². The highest BCUT2D eigenvalue weighted by Crippen LogP contribution is 2.20. The van der Waals surface area contributed by atoms with Crippen LogP contribution < -0.4 is 0 Å². The molecule has 0 nitrogen and oxygen atoms in total. The number of halogens is 1. The van der Waals surface area contributed by atoms with Crippen LogP contribution in [0.3, 0.4) is 0 Å². The molecule has 0 saturated carbocycles. The molecule has 0 heterocycles. The Morgan fingerprint density at radius 2 is 1.67 bits per heavy atom. The summed E-state index contributed by atoms with van der Waals surface area (Å²) >= 11 is 0. The Hall–Kier alpha value is 0.470. The van der Waals surface area contributed by atoms with Crippen molar-refractivity contribution in [3.63, 3.8) is 0 Å². The van der Waals surface area contributed by atoms with E-state index in [2.05, 4.69) is 26.0 Å². The monoisotopic (exact) mass is 282 g/mol. The van der Waals surface area contributed by atoms with Crippen LogP contribution in [-0.4, -0.2) is 0 Å². The minimum atomic E-state index is 0. The molecule has 0 fully saturated rings. The Balaban J connectivity index is 0. The summed E-state index contributed by atoms with van der Waals surface area (Å²) in [6.45, 7) is 8.64. The van der Waals surface area contributed by atoms with Crippen LogP contribution in [0.1, 0.15) is 47.0 Å². The third kappa shape index (κ3) is 7.14. The van der Waals surface area contributed by atoms with Gasteiger partial charge in [0.1, 0.15) is 0 Å². The first-order valence-corrected chi connectivity index (χ1v) is 4.95. The van der Waals surface area contributed by atoms with Gasteiger partial charge in [0.25, 0.3) is 0 Å². The first-order chi connectivity index (χ1) is 5.29. The smallest absolute Gasteiger partial charge is 0.0262 e. The van der Waals surface area contributed by atoms with Gasteiger partial charge in [0.15, 0.2) is 0 Å². The van der Waals surface area contributed by atoms with Crippen LogP contribution in [-0.2, 0) is 0 Å². The molecular formula is C11H23I. The Bertz CT molecular complexity index is 108. The number of allylic oxidation sites excluding steroid dienone is 2. The van der Waals surface area contributed by atoms with E-state index in [0.717, 1.165) is 11.8 Å². The summed E-state index contributed by atoms with van der Waals surface area (Å²) in [4.78, 5) is 0. The average Bonchev–Trinajstić information content (AvgIpc) is 2.20. The van der Waals surface area contributed by atoms with Crippen molar-refractivity contribution in [3.8, 4) is 0 Å². The molecule has 12 heavy (non-hydrogen) atoms. The Morgan fingerprint density at radius 3 is 2.25 bits per heavy atom. The highest BCUT2D eigenvalue weighted by molar-refractivity contribution is 14.0. The molecule has 0 radical (unpaired) electrons. The fraction of sp³-hybridized carbons (Fsp3) is 0.818. The van der Waals surface area contributed by atoms with Crippen LogP contribution in [0.15, 0.2) is 12.2 Å². The van der Waals surface area contributed by atoms with Gasteiger partial charge in [-0.1, -0.05) is 39.8 Å². The molecule has 0 aromatic heterocycles. The van der Waals surface area contributed by atoms with Crippen LogP contribution in [0.25, 0.3) is 0 Å². The standard InChI is InChI=1S/C9H16.C2H6.HI/c1-8-4-3-5-9(2)7-6-8;1-2;/h3-4,8-9H,5-7H2,1-2H3;1-2H3;1H. The van der Waals surface area contributed by atoms with E-state index in [4.69, 9.17) is 0 Å². The highest BCUT2D eigenvalue weighted by atomic mass is 127. The van der Waals surface area contributed by atoms with E-state index < -0.39 is 0 Å². The van der Waals surface area contributed by atoms with Gasteiger partial charge in [-0.2, -0.15) is 0 Å². The topological polar surface area (TPSA) is 0 Å².